The SMILES string of the molecule is CCCCOC(=O)c1ccc(NC(=O)CCCNc2nc(C)cc(C)n2)cc1. The highest BCUT2D eigenvalue weighted by atomic mass is 16.5. The Balaban J connectivity index is 1.71. The summed E-state index contributed by atoms with van der Waals surface area (Å²) in [6.07, 6.45) is 2.86. The fourth-order valence-electron chi connectivity index (χ4n) is 2.56. The summed E-state index contributed by atoms with van der Waals surface area (Å²) >= 11 is 0. The smallest absolute Gasteiger partial charge is 0.338 e. The number of aromatic nitrogens is 2. The van der Waals surface area contributed by atoms with Gasteiger partial charge in [0.2, 0.25) is 11.9 Å². The van der Waals surface area contributed by atoms with Gasteiger partial charge in [0, 0.05) is 30.0 Å². The average Bonchev–Trinajstić information content (AvgIpc) is 2.65. The predicted molar refractivity (Wildman–Crippen MR) is 109 cm³/mol. The highest BCUT2D eigenvalue weighted by molar-refractivity contribution is 5.93. The Kier molecular flexibility index (Phi) is 8.39. The molecular weight excluding hydrogens is 356 g/mol. The highest BCUT2D eigenvalue weighted by Crippen LogP contribution is 2.12. The Morgan fingerprint density at radius 1 is 1.04 bits per heavy atom. The molecule has 0 spiro atoms. The number of anilines is 2. The number of amides is 1. The van der Waals surface area contributed by atoms with Crippen LogP contribution in [0.25, 0.3) is 0 Å². The summed E-state index contributed by atoms with van der Waals surface area (Å²) in [4.78, 5) is 32.5. The van der Waals surface area contributed by atoms with Crippen molar-refractivity contribution in [2.75, 3.05) is 23.8 Å². The molecule has 0 aliphatic carbocycles. The minimum absolute atomic E-state index is 0.0820. The summed E-state index contributed by atoms with van der Waals surface area (Å²) in [5, 5.41) is 5.96. The zero-order valence-corrected chi connectivity index (χ0v) is 16.7. The van der Waals surface area contributed by atoms with E-state index in [1.54, 1.807) is 24.3 Å². The Bertz CT molecular complexity index is 770. The average molecular weight is 384 g/mol. The largest absolute Gasteiger partial charge is 0.462 e. The number of aryl methyl sites for hydroxylation is 2. The van der Waals surface area contributed by atoms with E-state index < -0.39 is 0 Å². The first-order valence-corrected chi connectivity index (χ1v) is 9.61. The van der Waals surface area contributed by atoms with Crippen molar-refractivity contribution in [1.29, 1.82) is 0 Å². The Morgan fingerprint density at radius 3 is 2.36 bits per heavy atom. The van der Waals surface area contributed by atoms with Gasteiger partial charge in [-0.15, -0.1) is 0 Å². The summed E-state index contributed by atoms with van der Waals surface area (Å²) in [5.41, 5.74) is 2.95. The number of hydrogen-bond donors (Lipinski definition) is 2. The first-order valence-electron chi connectivity index (χ1n) is 9.61. The number of unbranched alkanes of at least 4 members (excludes halogenated alkanes) is 1. The number of rotatable bonds is 10. The van der Waals surface area contributed by atoms with E-state index in [1.807, 2.05) is 26.8 Å². The normalized spacial score (nSPS) is 10.4. The van der Waals surface area contributed by atoms with Crippen molar-refractivity contribution in [2.24, 2.45) is 0 Å². The van der Waals surface area contributed by atoms with Crippen LogP contribution in [0.15, 0.2) is 30.3 Å². The van der Waals surface area contributed by atoms with E-state index in [-0.39, 0.29) is 11.9 Å². The van der Waals surface area contributed by atoms with Crippen LogP contribution in [0.1, 0.15) is 54.4 Å². The minimum Gasteiger partial charge on any atom is -0.462 e. The number of hydrogen-bond acceptors (Lipinski definition) is 6. The fourth-order valence-corrected chi connectivity index (χ4v) is 2.56. The van der Waals surface area contributed by atoms with Gasteiger partial charge in [-0.25, -0.2) is 14.8 Å². The van der Waals surface area contributed by atoms with Gasteiger partial charge in [-0.05, 0) is 57.0 Å². The molecule has 1 heterocycles. The maximum atomic E-state index is 12.1. The fraction of sp³-hybridized carbons (Fsp3) is 0.429. The van der Waals surface area contributed by atoms with Crippen LogP contribution in [0, 0.1) is 13.8 Å². The topological polar surface area (TPSA) is 93.2 Å². The molecule has 7 heteroatoms. The lowest BCUT2D eigenvalue weighted by atomic mass is 10.2. The molecule has 0 bridgehead atoms. The van der Waals surface area contributed by atoms with E-state index in [1.165, 1.54) is 0 Å². The lowest BCUT2D eigenvalue weighted by Gasteiger charge is -2.08. The first kappa shape index (κ1) is 21.3. The van der Waals surface area contributed by atoms with Crippen LogP contribution >= 0.6 is 0 Å². The third-order valence-electron chi connectivity index (χ3n) is 3.98. The van der Waals surface area contributed by atoms with Crippen molar-refractivity contribution in [2.45, 2.75) is 46.5 Å². The van der Waals surface area contributed by atoms with Crippen molar-refractivity contribution in [3.8, 4) is 0 Å². The molecule has 0 fully saturated rings. The van der Waals surface area contributed by atoms with Gasteiger partial charge in [0.1, 0.15) is 0 Å². The number of ether oxygens (including phenoxy) is 1. The van der Waals surface area contributed by atoms with Crippen molar-refractivity contribution in [3.05, 3.63) is 47.3 Å². The molecule has 0 aliphatic heterocycles. The van der Waals surface area contributed by atoms with Gasteiger partial charge in [-0.1, -0.05) is 13.3 Å². The predicted octanol–water partition coefficient (Wildman–Crippen LogP) is 3.88. The molecule has 2 N–H and O–H groups in total. The molecule has 0 atom stereocenters. The highest BCUT2D eigenvalue weighted by Gasteiger charge is 2.08. The molecule has 2 rings (SSSR count). The number of esters is 1. The van der Waals surface area contributed by atoms with Gasteiger partial charge in [-0.2, -0.15) is 0 Å². The van der Waals surface area contributed by atoms with Crippen LogP contribution < -0.4 is 10.6 Å². The van der Waals surface area contributed by atoms with Crippen LogP contribution in [0.4, 0.5) is 11.6 Å². The minimum atomic E-state index is -0.342. The van der Waals surface area contributed by atoms with Gasteiger partial charge < -0.3 is 15.4 Å². The summed E-state index contributed by atoms with van der Waals surface area (Å²) in [5.74, 6) is 0.159. The number of benzene rings is 1. The zero-order chi connectivity index (χ0) is 20.4. The van der Waals surface area contributed by atoms with Gasteiger partial charge in [0.15, 0.2) is 0 Å². The molecule has 0 saturated carbocycles. The molecule has 1 amide bonds. The quantitative estimate of drug-likeness (QED) is 0.477. The second kappa shape index (κ2) is 11.0. The second-order valence-corrected chi connectivity index (χ2v) is 6.62. The van der Waals surface area contributed by atoms with Crippen LogP contribution in [-0.2, 0) is 9.53 Å². The number of nitrogens with zero attached hydrogens (tertiary/aromatic N) is 2. The Hall–Kier alpha value is -2.96. The molecule has 0 saturated heterocycles. The van der Waals surface area contributed by atoms with E-state index >= 15 is 0 Å². The Morgan fingerprint density at radius 2 is 1.71 bits per heavy atom. The standard InChI is InChI=1S/C21H28N4O3/c1-4-5-13-28-20(27)17-8-10-18(11-9-17)25-19(26)7-6-12-22-21-23-15(2)14-16(3)24-21/h8-11,14H,4-7,12-13H2,1-3H3,(H,25,26)(H,22,23,24). The van der Waals surface area contributed by atoms with Crippen LogP contribution in [0.3, 0.4) is 0 Å². The number of nitrogens with one attached hydrogen (secondary N) is 2. The molecule has 1 aromatic carbocycles. The Labute approximate surface area is 165 Å². The molecule has 28 heavy (non-hydrogen) atoms. The van der Waals surface area contributed by atoms with Crippen LogP contribution in [0.5, 0.6) is 0 Å². The molecule has 0 radical (unpaired) electrons. The second-order valence-electron chi connectivity index (χ2n) is 6.62. The summed E-state index contributed by atoms with van der Waals surface area (Å²) in [7, 11) is 0. The molecule has 1 aromatic heterocycles. The first-order chi connectivity index (χ1) is 13.5. The van der Waals surface area contributed by atoms with E-state index in [0.29, 0.717) is 43.2 Å². The van der Waals surface area contributed by atoms with Gasteiger partial charge in [0.25, 0.3) is 0 Å². The van der Waals surface area contributed by atoms with Crippen molar-refractivity contribution >= 4 is 23.5 Å². The van der Waals surface area contributed by atoms with Crippen molar-refractivity contribution in [1.82, 2.24) is 9.97 Å². The van der Waals surface area contributed by atoms with Gasteiger partial charge in [0.05, 0.1) is 12.2 Å². The van der Waals surface area contributed by atoms with Crippen molar-refractivity contribution < 1.29 is 14.3 Å². The molecule has 0 aliphatic rings. The maximum Gasteiger partial charge on any atom is 0.338 e. The number of carbonyl (C=O) groups excluding carboxylic acids is 2. The number of carbonyl (C=O) groups is 2. The van der Waals surface area contributed by atoms with E-state index in [9.17, 15) is 9.59 Å². The summed E-state index contributed by atoms with van der Waals surface area (Å²) in [6.45, 7) is 6.92. The van der Waals surface area contributed by atoms with Crippen LogP contribution in [-0.4, -0.2) is 35.0 Å². The molecule has 7 nitrogen and oxygen atoms in total. The third kappa shape index (κ3) is 7.34. The molecule has 0 unspecified atom stereocenters. The molecular formula is C21H28N4O3. The van der Waals surface area contributed by atoms with E-state index in [4.69, 9.17) is 4.74 Å². The zero-order valence-electron chi connectivity index (χ0n) is 16.7. The monoisotopic (exact) mass is 384 g/mol. The van der Waals surface area contributed by atoms with Crippen molar-refractivity contribution in [3.63, 3.8) is 0 Å². The van der Waals surface area contributed by atoms with E-state index in [2.05, 4.69) is 20.6 Å². The third-order valence-corrected chi connectivity index (χ3v) is 3.98. The maximum absolute atomic E-state index is 12.1. The van der Waals surface area contributed by atoms with Crippen LogP contribution in [0.2, 0.25) is 0 Å². The summed E-state index contributed by atoms with van der Waals surface area (Å²) < 4.78 is 5.16. The van der Waals surface area contributed by atoms with E-state index in [0.717, 1.165) is 24.2 Å². The summed E-state index contributed by atoms with van der Waals surface area (Å²) in [6, 6.07) is 8.63. The molecule has 150 valence electrons. The molecule has 2 aromatic rings. The van der Waals surface area contributed by atoms with Gasteiger partial charge in [-0.3, -0.25) is 4.79 Å². The lowest BCUT2D eigenvalue weighted by molar-refractivity contribution is -0.116. The van der Waals surface area contributed by atoms with Gasteiger partial charge >= 0.3 is 5.97 Å². The lowest BCUT2D eigenvalue weighted by Crippen LogP contribution is -2.14.